The Labute approximate surface area is 118 Å². The van der Waals surface area contributed by atoms with E-state index in [-0.39, 0.29) is 0 Å². The SMILES string of the molecule is CCN1CCCC1CN(C)c1ccc(Br)cc1N. The van der Waals surface area contributed by atoms with Crippen molar-refractivity contribution in [3.8, 4) is 0 Å². The molecule has 0 radical (unpaired) electrons. The van der Waals surface area contributed by atoms with E-state index in [9.17, 15) is 0 Å². The normalized spacial score (nSPS) is 20.3. The van der Waals surface area contributed by atoms with Gasteiger partial charge in [-0.05, 0) is 44.1 Å². The number of nitrogens with two attached hydrogens (primary N) is 1. The molecular formula is C14H22BrN3. The van der Waals surface area contributed by atoms with E-state index in [1.807, 2.05) is 6.07 Å². The smallest absolute Gasteiger partial charge is 0.0598 e. The van der Waals surface area contributed by atoms with Crippen LogP contribution in [0.3, 0.4) is 0 Å². The number of likely N-dealkylation sites (tertiary alicyclic amines) is 1. The third-order valence-electron chi connectivity index (χ3n) is 3.79. The molecule has 1 heterocycles. The third-order valence-corrected chi connectivity index (χ3v) is 4.28. The monoisotopic (exact) mass is 311 g/mol. The Bertz CT molecular complexity index is 408. The Morgan fingerprint density at radius 1 is 1.50 bits per heavy atom. The summed E-state index contributed by atoms with van der Waals surface area (Å²) in [6.07, 6.45) is 2.62. The second-order valence-corrected chi connectivity index (χ2v) is 5.92. The van der Waals surface area contributed by atoms with Crippen LogP contribution < -0.4 is 10.6 Å². The maximum absolute atomic E-state index is 6.08. The highest BCUT2D eigenvalue weighted by molar-refractivity contribution is 9.10. The van der Waals surface area contributed by atoms with E-state index < -0.39 is 0 Å². The Hall–Kier alpha value is -0.740. The van der Waals surface area contributed by atoms with Gasteiger partial charge in [-0.25, -0.2) is 0 Å². The van der Waals surface area contributed by atoms with Crippen LogP contribution in [0.1, 0.15) is 19.8 Å². The van der Waals surface area contributed by atoms with Crippen molar-refractivity contribution in [1.82, 2.24) is 4.90 Å². The predicted molar refractivity (Wildman–Crippen MR) is 82.1 cm³/mol. The molecule has 2 rings (SSSR count). The fourth-order valence-corrected chi connectivity index (χ4v) is 3.18. The number of hydrogen-bond acceptors (Lipinski definition) is 3. The molecule has 3 nitrogen and oxygen atoms in total. The molecule has 0 amide bonds. The molecule has 1 atom stereocenters. The topological polar surface area (TPSA) is 32.5 Å². The molecule has 0 aliphatic carbocycles. The molecular weight excluding hydrogens is 290 g/mol. The van der Waals surface area contributed by atoms with E-state index >= 15 is 0 Å². The minimum atomic E-state index is 0.669. The van der Waals surface area contributed by atoms with Gasteiger partial charge in [0.1, 0.15) is 0 Å². The van der Waals surface area contributed by atoms with Gasteiger partial charge in [-0.15, -0.1) is 0 Å². The summed E-state index contributed by atoms with van der Waals surface area (Å²) in [5.74, 6) is 0. The molecule has 0 aromatic heterocycles. The van der Waals surface area contributed by atoms with Gasteiger partial charge in [0.05, 0.1) is 11.4 Å². The highest BCUT2D eigenvalue weighted by atomic mass is 79.9. The first-order valence-electron chi connectivity index (χ1n) is 6.62. The van der Waals surface area contributed by atoms with E-state index in [0.717, 1.165) is 28.9 Å². The maximum atomic E-state index is 6.08. The summed E-state index contributed by atoms with van der Waals surface area (Å²) >= 11 is 3.45. The molecule has 2 N–H and O–H groups in total. The van der Waals surface area contributed by atoms with Gasteiger partial charge < -0.3 is 10.6 Å². The lowest BCUT2D eigenvalue weighted by Gasteiger charge is -2.29. The standard InChI is InChI=1S/C14H22BrN3/c1-3-18-8-4-5-12(18)10-17(2)14-7-6-11(15)9-13(14)16/h6-7,9,12H,3-5,8,10,16H2,1-2H3. The molecule has 18 heavy (non-hydrogen) atoms. The van der Waals surface area contributed by atoms with Crippen molar-refractivity contribution in [3.63, 3.8) is 0 Å². The summed E-state index contributed by atoms with van der Waals surface area (Å²) < 4.78 is 1.04. The second-order valence-electron chi connectivity index (χ2n) is 5.01. The fourth-order valence-electron chi connectivity index (χ4n) is 2.81. The number of nitrogen functional groups attached to an aromatic ring is 1. The Kier molecular flexibility index (Phi) is 4.51. The van der Waals surface area contributed by atoms with Crippen molar-refractivity contribution in [3.05, 3.63) is 22.7 Å². The van der Waals surface area contributed by atoms with Gasteiger partial charge in [0, 0.05) is 24.1 Å². The van der Waals surface area contributed by atoms with Gasteiger partial charge in [0.25, 0.3) is 0 Å². The van der Waals surface area contributed by atoms with Gasteiger partial charge in [-0.2, -0.15) is 0 Å². The zero-order valence-electron chi connectivity index (χ0n) is 11.2. The molecule has 0 bridgehead atoms. The quantitative estimate of drug-likeness (QED) is 0.868. The van der Waals surface area contributed by atoms with Gasteiger partial charge >= 0.3 is 0 Å². The summed E-state index contributed by atoms with van der Waals surface area (Å²) in [6, 6.07) is 6.78. The lowest BCUT2D eigenvalue weighted by atomic mass is 10.2. The van der Waals surface area contributed by atoms with Crippen molar-refractivity contribution in [2.45, 2.75) is 25.8 Å². The molecule has 1 aromatic carbocycles. The van der Waals surface area contributed by atoms with Crippen LogP contribution in [0.2, 0.25) is 0 Å². The van der Waals surface area contributed by atoms with E-state index in [1.165, 1.54) is 19.4 Å². The molecule has 4 heteroatoms. The highest BCUT2D eigenvalue weighted by Gasteiger charge is 2.24. The van der Waals surface area contributed by atoms with Crippen LogP contribution in [0, 0.1) is 0 Å². The van der Waals surface area contributed by atoms with Crippen molar-refractivity contribution >= 4 is 27.3 Å². The van der Waals surface area contributed by atoms with Crippen molar-refractivity contribution in [1.29, 1.82) is 0 Å². The average molecular weight is 312 g/mol. The highest BCUT2D eigenvalue weighted by Crippen LogP contribution is 2.27. The largest absolute Gasteiger partial charge is 0.397 e. The summed E-state index contributed by atoms with van der Waals surface area (Å²) in [4.78, 5) is 4.84. The molecule has 1 unspecified atom stereocenters. The number of halogens is 1. The van der Waals surface area contributed by atoms with Gasteiger partial charge in [0.2, 0.25) is 0 Å². The lowest BCUT2D eigenvalue weighted by Crippen LogP contribution is -2.38. The molecule has 1 saturated heterocycles. The van der Waals surface area contributed by atoms with E-state index in [1.54, 1.807) is 0 Å². The molecule has 1 aromatic rings. The van der Waals surface area contributed by atoms with Gasteiger partial charge in [-0.3, -0.25) is 4.90 Å². The lowest BCUT2D eigenvalue weighted by molar-refractivity contribution is 0.270. The summed E-state index contributed by atoms with van der Waals surface area (Å²) in [5, 5.41) is 0. The maximum Gasteiger partial charge on any atom is 0.0598 e. The third kappa shape index (κ3) is 2.98. The number of benzene rings is 1. The van der Waals surface area contributed by atoms with Crippen LogP contribution in [-0.2, 0) is 0 Å². The number of rotatable bonds is 4. The van der Waals surface area contributed by atoms with Crippen molar-refractivity contribution in [2.75, 3.05) is 37.3 Å². The van der Waals surface area contributed by atoms with Gasteiger partial charge in [0.15, 0.2) is 0 Å². The molecule has 0 spiro atoms. The number of nitrogens with zero attached hydrogens (tertiary/aromatic N) is 2. The van der Waals surface area contributed by atoms with Crippen LogP contribution in [0.4, 0.5) is 11.4 Å². The number of hydrogen-bond donors (Lipinski definition) is 1. The molecule has 0 saturated carbocycles. The fraction of sp³-hybridized carbons (Fsp3) is 0.571. The second kappa shape index (κ2) is 5.93. The van der Waals surface area contributed by atoms with Crippen LogP contribution in [-0.4, -0.2) is 37.6 Å². The first-order chi connectivity index (χ1) is 8.61. The minimum absolute atomic E-state index is 0.669. The zero-order valence-corrected chi connectivity index (χ0v) is 12.8. The molecule has 1 aliphatic rings. The minimum Gasteiger partial charge on any atom is -0.397 e. The number of likely N-dealkylation sites (N-methyl/N-ethyl adjacent to an activating group) is 2. The molecule has 100 valence electrons. The van der Waals surface area contributed by atoms with Crippen LogP contribution in [0.25, 0.3) is 0 Å². The Balaban J connectivity index is 2.05. The average Bonchev–Trinajstić information content (AvgIpc) is 2.76. The molecule has 1 fully saturated rings. The Morgan fingerprint density at radius 3 is 2.94 bits per heavy atom. The van der Waals surface area contributed by atoms with Crippen molar-refractivity contribution in [2.24, 2.45) is 0 Å². The summed E-state index contributed by atoms with van der Waals surface area (Å²) in [7, 11) is 2.13. The molecule has 1 aliphatic heterocycles. The number of anilines is 2. The zero-order chi connectivity index (χ0) is 13.1. The van der Waals surface area contributed by atoms with E-state index in [2.05, 4.69) is 51.8 Å². The summed E-state index contributed by atoms with van der Waals surface area (Å²) in [5.41, 5.74) is 8.05. The first kappa shape index (κ1) is 13.7. The van der Waals surface area contributed by atoms with Crippen LogP contribution in [0.5, 0.6) is 0 Å². The van der Waals surface area contributed by atoms with Crippen LogP contribution >= 0.6 is 15.9 Å². The predicted octanol–water partition coefficient (Wildman–Crippen LogP) is 2.95. The van der Waals surface area contributed by atoms with Crippen LogP contribution in [0.15, 0.2) is 22.7 Å². The van der Waals surface area contributed by atoms with E-state index in [0.29, 0.717) is 6.04 Å². The first-order valence-corrected chi connectivity index (χ1v) is 7.41. The Morgan fingerprint density at radius 2 is 2.28 bits per heavy atom. The van der Waals surface area contributed by atoms with Crippen molar-refractivity contribution < 1.29 is 0 Å². The van der Waals surface area contributed by atoms with E-state index in [4.69, 9.17) is 5.73 Å². The van der Waals surface area contributed by atoms with Gasteiger partial charge in [-0.1, -0.05) is 22.9 Å². The summed E-state index contributed by atoms with van der Waals surface area (Å²) in [6.45, 7) is 5.69.